The Bertz CT molecular complexity index is 1060. The molecule has 3 rings (SSSR count). The fraction of sp³-hybridized carbons (Fsp3) is 0.160. The first kappa shape index (κ1) is 22.2. The molecule has 0 saturated carbocycles. The van der Waals surface area contributed by atoms with Gasteiger partial charge in [-0.25, -0.2) is 0 Å². The van der Waals surface area contributed by atoms with Crippen LogP contribution in [0.15, 0.2) is 79.1 Å². The molecule has 0 saturated heterocycles. The number of anilines is 2. The lowest BCUT2D eigenvalue weighted by Crippen LogP contribution is -2.19. The number of carboxylic acid groups (broad SMARTS) is 1. The van der Waals surface area contributed by atoms with Crippen LogP contribution in [0.5, 0.6) is 0 Å². The molecule has 6 heteroatoms. The van der Waals surface area contributed by atoms with Crippen LogP contribution in [0.1, 0.15) is 36.0 Å². The van der Waals surface area contributed by atoms with Gasteiger partial charge in [-0.2, -0.15) is 0 Å². The molecule has 1 heterocycles. The molecule has 0 atom stereocenters. The van der Waals surface area contributed by atoms with Crippen molar-refractivity contribution in [3.8, 4) is 0 Å². The zero-order valence-corrected chi connectivity index (χ0v) is 18.2. The van der Waals surface area contributed by atoms with Crippen molar-refractivity contribution in [1.29, 1.82) is 0 Å². The number of rotatable bonds is 8. The molecular formula is C25H25N3O2S. The van der Waals surface area contributed by atoms with Gasteiger partial charge in [-0.1, -0.05) is 42.0 Å². The highest BCUT2D eigenvalue weighted by Gasteiger charge is 2.08. The zero-order chi connectivity index (χ0) is 22.1. The minimum Gasteiger partial charge on any atom is -0.481 e. The maximum absolute atomic E-state index is 10.8. The number of nitrogens with one attached hydrogen (secondary N) is 2. The number of allylic oxidation sites excluding steroid dienone is 1. The summed E-state index contributed by atoms with van der Waals surface area (Å²) in [5, 5.41) is 15.8. The molecule has 158 valence electrons. The maximum Gasteiger partial charge on any atom is 0.303 e. The van der Waals surface area contributed by atoms with Crippen LogP contribution in [0.2, 0.25) is 0 Å². The summed E-state index contributed by atoms with van der Waals surface area (Å²) >= 11 is 5.46. The molecule has 0 unspecified atom stereocenters. The van der Waals surface area contributed by atoms with E-state index < -0.39 is 5.97 Å². The van der Waals surface area contributed by atoms with E-state index in [4.69, 9.17) is 17.3 Å². The van der Waals surface area contributed by atoms with E-state index >= 15 is 0 Å². The molecule has 2 aromatic carbocycles. The highest BCUT2D eigenvalue weighted by Crippen LogP contribution is 2.26. The first-order valence-electron chi connectivity index (χ1n) is 10.1. The lowest BCUT2D eigenvalue weighted by atomic mass is 9.97. The van der Waals surface area contributed by atoms with Crippen LogP contribution >= 0.6 is 12.2 Å². The Balaban J connectivity index is 1.76. The first-order valence-corrected chi connectivity index (χ1v) is 10.5. The molecular weight excluding hydrogens is 406 g/mol. The third kappa shape index (κ3) is 7.04. The summed E-state index contributed by atoms with van der Waals surface area (Å²) in [6.45, 7) is 2.04. The van der Waals surface area contributed by atoms with Crippen LogP contribution in [0.25, 0.3) is 5.57 Å². The van der Waals surface area contributed by atoms with E-state index in [1.807, 2.05) is 73.8 Å². The molecule has 0 aliphatic heterocycles. The summed E-state index contributed by atoms with van der Waals surface area (Å²) in [6.07, 6.45) is 7.02. The number of hydrogen-bond acceptors (Lipinski definition) is 3. The number of thiocarbonyl (C=S) groups is 1. The first-order chi connectivity index (χ1) is 15.0. The molecule has 1 aromatic heterocycles. The number of carboxylic acids is 1. The third-order valence-corrected chi connectivity index (χ3v) is 4.86. The standard InChI is InChI=1S/C25H25N3O2S/c1-18-11-13-21(14-12-18)27-25(31)28-22-8-4-6-19(16-22)23(9-2-3-10-24(29)30)20-7-5-15-26-17-20/h4-9,11-17H,2-3,10H2,1H3,(H,29,30)(H2,27,28,31)/b23-9-. The molecule has 0 aliphatic rings. The SMILES string of the molecule is Cc1ccc(NC(=S)Nc2cccc(/C(=C/CCCC(=O)O)c3cccnc3)c2)cc1. The minimum absolute atomic E-state index is 0.150. The van der Waals surface area contributed by atoms with Gasteiger partial charge in [-0.15, -0.1) is 0 Å². The van der Waals surface area contributed by atoms with Crippen LogP contribution in [-0.4, -0.2) is 21.2 Å². The number of unbranched alkanes of at least 4 members (excludes halogenated alkanes) is 1. The normalized spacial score (nSPS) is 11.1. The summed E-state index contributed by atoms with van der Waals surface area (Å²) < 4.78 is 0. The smallest absolute Gasteiger partial charge is 0.303 e. The molecule has 5 nitrogen and oxygen atoms in total. The van der Waals surface area contributed by atoms with E-state index in [1.54, 1.807) is 6.20 Å². The van der Waals surface area contributed by atoms with Crippen molar-refractivity contribution in [1.82, 2.24) is 4.98 Å². The minimum atomic E-state index is -0.780. The molecule has 0 spiro atoms. The van der Waals surface area contributed by atoms with Gasteiger partial charge in [0.1, 0.15) is 0 Å². The van der Waals surface area contributed by atoms with Gasteiger partial charge in [0.25, 0.3) is 0 Å². The molecule has 0 aliphatic carbocycles. The van der Waals surface area contributed by atoms with E-state index in [2.05, 4.69) is 21.7 Å². The molecule has 31 heavy (non-hydrogen) atoms. The number of pyridine rings is 1. The van der Waals surface area contributed by atoms with Crippen molar-refractivity contribution in [3.05, 3.63) is 95.8 Å². The average Bonchev–Trinajstić information content (AvgIpc) is 2.76. The number of nitrogens with zero attached hydrogens (tertiary/aromatic N) is 1. The fourth-order valence-electron chi connectivity index (χ4n) is 3.12. The number of aromatic nitrogens is 1. The van der Waals surface area contributed by atoms with Crippen molar-refractivity contribution >= 4 is 40.2 Å². The van der Waals surface area contributed by atoms with Gasteiger partial charge >= 0.3 is 5.97 Å². The molecule has 0 amide bonds. The quantitative estimate of drug-likeness (QED) is 0.305. The zero-order valence-electron chi connectivity index (χ0n) is 17.3. The van der Waals surface area contributed by atoms with Crippen LogP contribution in [0.4, 0.5) is 11.4 Å². The average molecular weight is 432 g/mol. The second-order valence-electron chi connectivity index (χ2n) is 7.17. The summed E-state index contributed by atoms with van der Waals surface area (Å²) in [5.74, 6) is -0.780. The van der Waals surface area contributed by atoms with E-state index in [1.165, 1.54) is 5.56 Å². The number of benzene rings is 2. The van der Waals surface area contributed by atoms with Gasteiger partial charge in [0.05, 0.1) is 0 Å². The largest absolute Gasteiger partial charge is 0.481 e. The van der Waals surface area contributed by atoms with E-state index in [0.29, 0.717) is 18.0 Å². The fourth-order valence-corrected chi connectivity index (χ4v) is 3.35. The van der Waals surface area contributed by atoms with Gasteiger partial charge in [-0.3, -0.25) is 9.78 Å². The predicted octanol–water partition coefficient (Wildman–Crippen LogP) is 5.89. The second kappa shape index (κ2) is 11.0. The van der Waals surface area contributed by atoms with Gasteiger partial charge in [0.2, 0.25) is 0 Å². The molecule has 0 fully saturated rings. The van der Waals surface area contributed by atoms with Gasteiger partial charge in [-0.05, 0) is 73.5 Å². The Morgan fingerprint density at radius 2 is 1.77 bits per heavy atom. The van der Waals surface area contributed by atoms with Crippen molar-refractivity contribution in [2.24, 2.45) is 0 Å². The van der Waals surface area contributed by atoms with Gasteiger partial charge in [0.15, 0.2) is 5.11 Å². The monoisotopic (exact) mass is 431 g/mol. The van der Waals surface area contributed by atoms with Gasteiger partial charge < -0.3 is 15.7 Å². The maximum atomic E-state index is 10.8. The van der Waals surface area contributed by atoms with Crippen LogP contribution in [-0.2, 0) is 4.79 Å². The molecule has 3 N–H and O–H groups in total. The summed E-state index contributed by atoms with van der Waals surface area (Å²) in [5.41, 5.74) is 5.98. The van der Waals surface area contributed by atoms with E-state index in [9.17, 15) is 4.79 Å². The van der Waals surface area contributed by atoms with E-state index in [0.717, 1.165) is 28.1 Å². The summed E-state index contributed by atoms with van der Waals surface area (Å²) in [6, 6.07) is 19.9. The Morgan fingerprint density at radius 1 is 1.03 bits per heavy atom. The Hall–Kier alpha value is -3.51. The summed E-state index contributed by atoms with van der Waals surface area (Å²) in [4.78, 5) is 15.1. The lowest BCUT2D eigenvalue weighted by molar-refractivity contribution is -0.137. The van der Waals surface area contributed by atoms with Gasteiger partial charge in [0, 0.05) is 35.8 Å². The lowest BCUT2D eigenvalue weighted by Gasteiger charge is -2.13. The predicted molar refractivity (Wildman–Crippen MR) is 130 cm³/mol. The highest BCUT2D eigenvalue weighted by atomic mass is 32.1. The highest BCUT2D eigenvalue weighted by molar-refractivity contribution is 7.80. The molecule has 0 bridgehead atoms. The Labute approximate surface area is 187 Å². The summed E-state index contributed by atoms with van der Waals surface area (Å²) in [7, 11) is 0. The second-order valence-corrected chi connectivity index (χ2v) is 7.58. The molecule has 3 aromatic rings. The number of aryl methyl sites for hydroxylation is 1. The molecule has 0 radical (unpaired) electrons. The number of aliphatic carboxylic acids is 1. The van der Waals surface area contributed by atoms with Crippen LogP contribution in [0, 0.1) is 6.92 Å². The number of carbonyl (C=O) groups is 1. The van der Waals surface area contributed by atoms with Crippen LogP contribution < -0.4 is 10.6 Å². The topological polar surface area (TPSA) is 74.2 Å². The Kier molecular flexibility index (Phi) is 7.90. The van der Waals surface area contributed by atoms with Crippen molar-refractivity contribution in [2.45, 2.75) is 26.2 Å². The van der Waals surface area contributed by atoms with Crippen molar-refractivity contribution < 1.29 is 9.90 Å². The van der Waals surface area contributed by atoms with Crippen molar-refractivity contribution in [2.75, 3.05) is 10.6 Å². The number of hydrogen-bond donors (Lipinski definition) is 3. The van der Waals surface area contributed by atoms with E-state index in [-0.39, 0.29) is 6.42 Å². The third-order valence-electron chi connectivity index (χ3n) is 4.66. The Morgan fingerprint density at radius 3 is 2.48 bits per heavy atom. The van der Waals surface area contributed by atoms with Crippen molar-refractivity contribution in [3.63, 3.8) is 0 Å². The van der Waals surface area contributed by atoms with Crippen LogP contribution in [0.3, 0.4) is 0 Å².